The van der Waals surface area contributed by atoms with Gasteiger partial charge in [-0.1, -0.05) is 18.2 Å². The second-order valence-electron chi connectivity index (χ2n) is 3.87. The van der Waals surface area contributed by atoms with Gasteiger partial charge >= 0.3 is 0 Å². The largest absolute Gasteiger partial charge is 0.495 e. The molecule has 0 fully saturated rings. The van der Waals surface area contributed by atoms with Gasteiger partial charge in [0.1, 0.15) is 11.8 Å². The van der Waals surface area contributed by atoms with Crippen molar-refractivity contribution in [2.75, 3.05) is 7.11 Å². The summed E-state index contributed by atoms with van der Waals surface area (Å²) in [5, 5.41) is 8.94. The van der Waals surface area contributed by atoms with Crippen LogP contribution in [0.4, 0.5) is 0 Å². The minimum atomic E-state index is 0.567. The average Bonchev–Trinajstić information content (AvgIpc) is 2.46. The maximum Gasteiger partial charge on any atom is 0.136 e. The lowest BCUT2D eigenvalue weighted by molar-refractivity contribution is 0.413. The molecule has 0 radical (unpaired) electrons. The Morgan fingerprint density at radius 3 is 2.74 bits per heavy atom. The van der Waals surface area contributed by atoms with Crippen LogP contribution in [0.1, 0.15) is 11.1 Å². The topological polar surface area (TPSA) is 33.0 Å². The van der Waals surface area contributed by atoms with Crippen LogP contribution >= 0.6 is 27.7 Å². The van der Waals surface area contributed by atoms with Gasteiger partial charge in [0.2, 0.25) is 0 Å². The quantitative estimate of drug-likeness (QED) is 0.765. The highest BCUT2D eigenvalue weighted by atomic mass is 79.9. The summed E-state index contributed by atoms with van der Waals surface area (Å²) in [4.78, 5) is 1.20. The number of ether oxygens (including phenoxy) is 1. The van der Waals surface area contributed by atoms with Gasteiger partial charge in [0.05, 0.1) is 12.7 Å². The maximum atomic E-state index is 8.94. The molecule has 0 unspecified atom stereocenters. The molecule has 2 nitrogen and oxygen atoms in total. The summed E-state index contributed by atoms with van der Waals surface area (Å²) in [6.45, 7) is 0. The number of hydrogen-bond acceptors (Lipinski definition) is 3. The van der Waals surface area contributed by atoms with Crippen LogP contribution in [0.15, 0.2) is 51.8 Å². The number of nitrogens with zero attached hydrogens (tertiary/aromatic N) is 1. The number of rotatable bonds is 4. The smallest absolute Gasteiger partial charge is 0.136 e. The van der Waals surface area contributed by atoms with Crippen LogP contribution in [-0.2, 0) is 5.75 Å². The Morgan fingerprint density at radius 1 is 1.26 bits per heavy atom. The summed E-state index contributed by atoms with van der Waals surface area (Å²) in [6.07, 6.45) is 0. The molecular formula is C15H12BrNOS. The van der Waals surface area contributed by atoms with Gasteiger partial charge in [0.25, 0.3) is 0 Å². The Kier molecular flexibility index (Phi) is 4.89. The first-order chi connectivity index (χ1) is 9.24. The van der Waals surface area contributed by atoms with Gasteiger partial charge in [-0.15, -0.1) is 11.8 Å². The Morgan fingerprint density at radius 2 is 2.05 bits per heavy atom. The van der Waals surface area contributed by atoms with Crippen LogP contribution in [0, 0.1) is 11.3 Å². The molecule has 0 aliphatic rings. The van der Waals surface area contributed by atoms with E-state index in [1.54, 1.807) is 24.9 Å². The van der Waals surface area contributed by atoms with Gasteiger partial charge in [-0.3, -0.25) is 0 Å². The summed E-state index contributed by atoms with van der Waals surface area (Å²) in [5.74, 6) is 1.47. The second kappa shape index (κ2) is 6.65. The summed E-state index contributed by atoms with van der Waals surface area (Å²) in [5.41, 5.74) is 1.70. The molecule has 0 aliphatic carbocycles. The molecule has 2 aromatic carbocycles. The van der Waals surface area contributed by atoms with E-state index in [0.717, 1.165) is 15.8 Å². The van der Waals surface area contributed by atoms with E-state index in [1.165, 1.54) is 4.90 Å². The van der Waals surface area contributed by atoms with Crippen molar-refractivity contribution in [3.05, 3.63) is 58.1 Å². The third kappa shape index (κ3) is 3.52. The summed E-state index contributed by atoms with van der Waals surface area (Å²) in [6, 6.07) is 15.9. The minimum absolute atomic E-state index is 0.567. The first-order valence-corrected chi connectivity index (χ1v) is 7.47. The normalized spacial score (nSPS) is 9.95. The van der Waals surface area contributed by atoms with Crippen molar-refractivity contribution in [2.24, 2.45) is 0 Å². The number of benzene rings is 2. The van der Waals surface area contributed by atoms with Crippen molar-refractivity contribution in [3.63, 3.8) is 0 Å². The van der Waals surface area contributed by atoms with E-state index in [4.69, 9.17) is 10.00 Å². The minimum Gasteiger partial charge on any atom is -0.495 e. The predicted molar refractivity (Wildman–Crippen MR) is 81.4 cm³/mol. The van der Waals surface area contributed by atoms with Crippen molar-refractivity contribution in [1.29, 1.82) is 5.26 Å². The van der Waals surface area contributed by atoms with Crippen molar-refractivity contribution >= 4 is 27.7 Å². The van der Waals surface area contributed by atoms with Gasteiger partial charge in [-0.2, -0.15) is 5.26 Å². The van der Waals surface area contributed by atoms with Crippen LogP contribution in [-0.4, -0.2) is 7.11 Å². The number of hydrogen-bond donors (Lipinski definition) is 0. The summed E-state index contributed by atoms with van der Waals surface area (Å²) in [7, 11) is 1.58. The highest BCUT2D eigenvalue weighted by molar-refractivity contribution is 9.10. The molecule has 0 aromatic heterocycles. The van der Waals surface area contributed by atoms with E-state index in [-0.39, 0.29) is 0 Å². The highest BCUT2D eigenvalue weighted by Crippen LogP contribution is 2.31. The lowest BCUT2D eigenvalue weighted by atomic mass is 10.1. The second-order valence-corrected chi connectivity index (χ2v) is 5.74. The molecule has 96 valence electrons. The molecule has 0 bridgehead atoms. The van der Waals surface area contributed by atoms with Crippen molar-refractivity contribution in [3.8, 4) is 11.8 Å². The van der Waals surface area contributed by atoms with Crippen molar-refractivity contribution in [2.45, 2.75) is 10.6 Å². The molecule has 0 heterocycles. The van der Waals surface area contributed by atoms with Crippen LogP contribution in [0.2, 0.25) is 0 Å². The predicted octanol–water partition coefficient (Wildman–Crippen LogP) is 4.62. The molecule has 2 rings (SSSR count). The Hall–Kier alpha value is -1.44. The molecular weight excluding hydrogens is 322 g/mol. The average molecular weight is 334 g/mol. The monoisotopic (exact) mass is 333 g/mol. The standard InChI is InChI=1S/C15H12BrNOS/c1-18-14-8-11(6-7-12(14)9-17)10-19-15-5-3-2-4-13(15)16/h2-8H,10H2,1H3. The van der Waals surface area contributed by atoms with Crippen molar-refractivity contribution < 1.29 is 4.74 Å². The summed E-state index contributed by atoms with van der Waals surface area (Å²) >= 11 is 5.28. The van der Waals surface area contributed by atoms with E-state index in [1.807, 2.05) is 30.3 Å². The van der Waals surface area contributed by atoms with Gasteiger partial charge < -0.3 is 4.74 Å². The molecule has 0 amide bonds. The SMILES string of the molecule is COc1cc(CSc2ccccc2Br)ccc1C#N. The lowest BCUT2D eigenvalue weighted by Gasteiger charge is -2.07. The summed E-state index contributed by atoms with van der Waals surface area (Å²) < 4.78 is 6.31. The molecule has 0 atom stereocenters. The first kappa shape index (κ1) is 14.0. The zero-order valence-corrected chi connectivity index (χ0v) is 12.8. The third-order valence-corrected chi connectivity index (χ3v) is 4.72. The number of thioether (sulfide) groups is 1. The van der Waals surface area contributed by atoms with Gasteiger partial charge in [-0.05, 0) is 45.8 Å². The fraction of sp³-hybridized carbons (Fsp3) is 0.133. The zero-order valence-electron chi connectivity index (χ0n) is 10.4. The molecule has 0 N–H and O–H groups in total. The van der Waals surface area contributed by atoms with Gasteiger partial charge in [0.15, 0.2) is 0 Å². The van der Waals surface area contributed by atoms with Crippen LogP contribution in [0.3, 0.4) is 0 Å². The van der Waals surface area contributed by atoms with E-state index in [2.05, 4.69) is 28.1 Å². The van der Waals surface area contributed by atoms with E-state index >= 15 is 0 Å². The molecule has 0 saturated carbocycles. The molecule has 2 aromatic rings. The molecule has 4 heteroatoms. The molecule has 0 aliphatic heterocycles. The number of halogens is 1. The van der Waals surface area contributed by atoms with Gasteiger partial charge in [0, 0.05) is 15.1 Å². The Labute approximate surface area is 125 Å². The van der Waals surface area contributed by atoms with Crippen LogP contribution < -0.4 is 4.74 Å². The van der Waals surface area contributed by atoms with E-state index in [0.29, 0.717) is 11.3 Å². The fourth-order valence-corrected chi connectivity index (χ4v) is 3.15. The van der Waals surface area contributed by atoms with E-state index < -0.39 is 0 Å². The molecule has 0 saturated heterocycles. The third-order valence-electron chi connectivity index (χ3n) is 2.62. The fourth-order valence-electron chi connectivity index (χ4n) is 1.64. The Bertz CT molecular complexity index is 622. The van der Waals surface area contributed by atoms with Gasteiger partial charge in [-0.25, -0.2) is 0 Å². The highest BCUT2D eigenvalue weighted by Gasteiger charge is 2.05. The number of methoxy groups -OCH3 is 1. The van der Waals surface area contributed by atoms with Crippen molar-refractivity contribution in [1.82, 2.24) is 0 Å². The zero-order chi connectivity index (χ0) is 13.7. The number of nitriles is 1. The molecule has 0 spiro atoms. The van der Waals surface area contributed by atoms with Crippen LogP contribution in [0.25, 0.3) is 0 Å². The lowest BCUT2D eigenvalue weighted by Crippen LogP contribution is -1.90. The maximum absolute atomic E-state index is 8.94. The molecule has 19 heavy (non-hydrogen) atoms. The van der Waals surface area contributed by atoms with Crippen LogP contribution in [0.5, 0.6) is 5.75 Å². The first-order valence-electron chi connectivity index (χ1n) is 5.69. The van der Waals surface area contributed by atoms with E-state index in [9.17, 15) is 0 Å². The Balaban J connectivity index is 2.13.